The van der Waals surface area contributed by atoms with Crippen LogP contribution >= 0.6 is 8.69 Å². The largest absolute Gasteiger partial charge is 0.491 e. The molecular formula is C16H26O4P+. The van der Waals surface area contributed by atoms with Crippen LogP contribution in [0.5, 0.6) is 0 Å². The van der Waals surface area contributed by atoms with Crippen molar-refractivity contribution in [2.75, 3.05) is 0 Å². The predicted octanol–water partition coefficient (Wildman–Crippen LogP) is 3.67. The first kappa shape index (κ1) is 21.9. The van der Waals surface area contributed by atoms with E-state index in [1.165, 1.54) is 24.0 Å². The van der Waals surface area contributed by atoms with Gasteiger partial charge in [0, 0.05) is 12.8 Å². The Bertz CT molecular complexity index is 380. The molecule has 0 saturated heterocycles. The highest BCUT2D eigenvalue weighted by atomic mass is 31.1. The topological polar surface area (TPSA) is 71.4 Å². The summed E-state index contributed by atoms with van der Waals surface area (Å²) in [7, 11) is -1.17. The number of rotatable bonds is 7. The van der Waals surface area contributed by atoms with Gasteiger partial charge in [-0.3, -0.25) is 0 Å². The van der Waals surface area contributed by atoms with Gasteiger partial charge in [0.1, 0.15) is 12.6 Å². The zero-order valence-corrected chi connectivity index (χ0v) is 13.9. The highest BCUT2D eigenvalue weighted by Crippen LogP contribution is 2.13. The molecule has 0 aromatic heterocycles. The Morgan fingerprint density at radius 2 is 1.52 bits per heavy atom. The van der Waals surface area contributed by atoms with E-state index in [0.717, 1.165) is 25.4 Å². The molecule has 4 nitrogen and oxygen atoms in total. The summed E-state index contributed by atoms with van der Waals surface area (Å²) in [5.41, 5.74) is 2.75. The Morgan fingerprint density at radius 1 is 1.05 bits per heavy atom. The second-order valence-corrected chi connectivity index (χ2v) is 4.43. The molecule has 1 atom stereocenters. The SMILES string of the molecule is CCC=O.CCCCc1ccccc1CCC=O.O=[PH+]O. The van der Waals surface area contributed by atoms with Crippen molar-refractivity contribution in [3.8, 4) is 0 Å². The van der Waals surface area contributed by atoms with Gasteiger partial charge in [-0.05, 0) is 35.0 Å². The molecule has 1 unspecified atom stereocenters. The fourth-order valence-electron chi connectivity index (χ4n) is 1.63. The van der Waals surface area contributed by atoms with E-state index in [1.54, 1.807) is 0 Å². The molecule has 0 radical (unpaired) electrons. The highest BCUT2D eigenvalue weighted by molar-refractivity contribution is 7.16. The number of aryl methyl sites for hydroxylation is 2. The number of hydrogen-bond donors (Lipinski definition) is 1. The Kier molecular flexibility index (Phi) is 19.4. The Balaban J connectivity index is 0. The van der Waals surface area contributed by atoms with E-state index in [9.17, 15) is 9.59 Å². The highest BCUT2D eigenvalue weighted by Gasteiger charge is 2.00. The smallest absolute Gasteiger partial charge is 0.303 e. The van der Waals surface area contributed by atoms with Gasteiger partial charge < -0.3 is 9.59 Å². The standard InChI is InChI=1S/C13H18O.C3H6O.HO2P/c1-2-3-7-12-8-4-5-9-13(12)10-6-11-14;1-2-3-4;1-3-2/h4-5,8-9,11H,2-3,6-7,10H2,1H3;3H,2H2,1H3;3H/p+1. The molecule has 1 rings (SSSR count). The molecule has 0 amide bonds. The lowest BCUT2D eigenvalue weighted by Gasteiger charge is -2.06. The summed E-state index contributed by atoms with van der Waals surface area (Å²) in [6.07, 6.45) is 7.65. The number of carbonyl (C=O) groups excluding carboxylic acids is 2. The van der Waals surface area contributed by atoms with E-state index < -0.39 is 8.69 Å². The van der Waals surface area contributed by atoms with E-state index in [4.69, 9.17) is 9.46 Å². The van der Waals surface area contributed by atoms with Crippen molar-refractivity contribution in [2.45, 2.75) is 52.4 Å². The molecule has 0 aliphatic heterocycles. The van der Waals surface area contributed by atoms with Gasteiger partial charge in [0.25, 0.3) is 0 Å². The summed E-state index contributed by atoms with van der Waals surface area (Å²) in [5, 5.41) is 0. The molecule has 0 heterocycles. The first-order chi connectivity index (χ1) is 10.2. The Labute approximate surface area is 128 Å². The van der Waals surface area contributed by atoms with Crippen LogP contribution in [-0.2, 0) is 27.0 Å². The summed E-state index contributed by atoms with van der Waals surface area (Å²) in [6, 6.07) is 8.44. The van der Waals surface area contributed by atoms with Crippen LogP contribution in [0.4, 0.5) is 0 Å². The maximum absolute atomic E-state index is 10.3. The maximum Gasteiger partial charge on any atom is 0.491 e. The third-order valence-electron chi connectivity index (χ3n) is 2.62. The average Bonchev–Trinajstić information content (AvgIpc) is 2.52. The molecule has 0 aliphatic carbocycles. The van der Waals surface area contributed by atoms with Crippen molar-refractivity contribution in [3.05, 3.63) is 35.4 Å². The molecule has 118 valence electrons. The van der Waals surface area contributed by atoms with E-state index in [-0.39, 0.29) is 0 Å². The van der Waals surface area contributed by atoms with Crippen molar-refractivity contribution in [1.82, 2.24) is 0 Å². The molecule has 5 heteroatoms. The second kappa shape index (κ2) is 18.6. The fourth-order valence-corrected chi connectivity index (χ4v) is 1.63. The van der Waals surface area contributed by atoms with Crippen LogP contribution in [0.2, 0.25) is 0 Å². The first-order valence-electron chi connectivity index (χ1n) is 7.16. The minimum absolute atomic E-state index is 0.639. The molecule has 1 aromatic carbocycles. The number of benzene rings is 1. The lowest BCUT2D eigenvalue weighted by atomic mass is 9.99. The summed E-state index contributed by atoms with van der Waals surface area (Å²) in [5.74, 6) is 0. The van der Waals surface area contributed by atoms with Crippen LogP contribution in [0.25, 0.3) is 0 Å². The minimum atomic E-state index is -1.17. The molecule has 0 spiro atoms. The Morgan fingerprint density at radius 3 is 1.90 bits per heavy atom. The van der Waals surface area contributed by atoms with Crippen LogP contribution in [0.15, 0.2) is 24.3 Å². The van der Waals surface area contributed by atoms with Crippen molar-refractivity contribution in [3.63, 3.8) is 0 Å². The van der Waals surface area contributed by atoms with E-state index >= 15 is 0 Å². The Hall–Kier alpha value is -1.38. The second-order valence-electron chi connectivity index (χ2n) is 4.24. The first-order valence-corrected chi connectivity index (χ1v) is 8.02. The van der Waals surface area contributed by atoms with Crippen LogP contribution in [0.1, 0.15) is 50.7 Å². The minimum Gasteiger partial charge on any atom is -0.303 e. The van der Waals surface area contributed by atoms with Gasteiger partial charge in [-0.2, -0.15) is 4.89 Å². The summed E-state index contributed by atoms with van der Waals surface area (Å²) in [6.45, 7) is 4.01. The molecule has 0 saturated carbocycles. The molecule has 0 fully saturated rings. The van der Waals surface area contributed by atoms with E-state index in [1.807, 2.05) is 6.92 Å². The summed E-state index contributed by atoms with van der Waals surface area (Å²) < 4.78 is 8.51. The molecule has 21 heavy (non-hydrogen) atoms. The number of unbranched alkanes of at least 4 members (excludes halogenated alkanes) is 1. The number of carbonyl (C=O) groups is 2. The van der Waals surface area contributed by atoms with Gasteiger partial charge in [-0.25, -0.2) is 0 Å². The third kappa shape index (κ3) is 14.8. The third-order valence-corrected chi connectivity index (χ3v) is 2.62. The van der Waals surface area contributed by atoms with E-state index in [0.29, 0.717) is 12.8 Å². The number of hydrogen-bond acceptors (Lipinski definition) is 3. The number of aldehydes is 2. The summed E-state index contributed by atoms with van der Waals surface area (Å²) >= 11 is 0. The van der Waals surface area contributed by atoms with Crippen molar-refractivity contribution < 1.29 is 19.0 Å². The van der Waals surface area contributed by atoms with Crippen molar-refractivity contribution in [2.24, 2.45) is 0 Å². The van der Waals surface area contributed by atoms with Gasteiger partial charge in [0.2, 0.25) is 0 Å². The normalized spacial score (nSPS) is 8.90. The van der Waals surface area contributed by atoms with Gasteiger partial charge in [0.15, 0.2) is 0 Å². The molecule has 0 aliphatic rings. The van der Waals surface area contributed by atoms with Gasteiger partial charge in [-0.15, -0.1) is 0 Å². The average molecular weight is 313 g/mol. The predicted molar refractivity (Wildman–Crippen MR) is 87.0 cm³/mol. The van der Waals surface area contributed by atoms with Crippen LogP contribution in [0, 0.1) is 0 Å². The lowest BCUT2D eigenvalue weighted by molar-refractivity contribution is -0.108. The van der Waals surface area contributed by atoms with Gasteiger partial charge in [0.05, 0.1) is 0 Å². The lowest BCUT2D eigenvalue weighted by Crippen LogP contribution is -1.94. The zero-order chi connectivity index (χ0) is 16.3. The van der Waals surface area contributed by atoms with Gasteiger partial charge in [-0.1, -0.05) is 44.5 Å². The molecule has 1 N–H and O–H groups in total. The maximum atomic E-state index is 10.3. The quantitative estimate of drug-likeness (QED) is 0.616. The molecule has 0 bridgehead atoms. The summed E-state index contributed by atoms with van der Waals surface area (Å²) in [4.78, 5) is 26.5. The van der Waals surface area contributed by atoms with Crippen molar-refractivity contribution in [1.29, 1.82) is 0 Å². The van der Waals surface area contributed by atoms with Crippen LogP contribution in [-0.4, -0.2) is 17.5 Å². The molecular weight excluding hydrogens is 287 g/mol. The van der Waals surface area contributed by atoms with Gasteiger partial charge >= 0.3 is 8.69 Å². The van der Waals surface area contributed by atoms with Crippen molar-refractivity contribution >= 4 is 21.3 Å². The fraction of sp³-hybridized carbons (Fsp3) is 0.500. The monoisotopic (exact) mass is 313 g/mol. The van der Waals surface area contributed by atoms with E-state index in [2.05, 4.69) is 31.2 Å². The van der Waals surface area contributed by atoms with Crippen LogP contribution in [0.3, 0.4) is 0 Å². The molecule has 1 aromatic rings. The zero-order valence-electron chi connectivity index (χ0n) is 12.9. The van der Waals surface area contributed by atoms with Crippen LogP contribution < -0.4 is 0 Å².